The Bertz CT molecular complexity index is 936. The number of amides is 2. The Kier molecular flexibility index (Phi) is 6.21. The molecule has 1 aliphatic heterocycles. The maximum atomic E-state index is 13.1. The second-order valence-corrected chi connectivity index (χ2v) is 8.67. The monoisotopic (exact) mass is 409 g/mol. The van der Waals surface area contributed by atoms with Crippen LogP contribution in [0.3, 0.4) is 0 Å². The maximum absolute atomic E-state index is 13.1. The van der Waals surface area contributed by atoms with E-state index in [1.165, 1.54) is 12.8 Å². The van der Waals surface area contributed by atoms with Gasteiger partial charge in [-0.05, 0) is 38.2 Å². The molecule has 1 saturated heterocycles. The number of nitrogens with zero attached hydrogens (tertiary/aromatic N) is 3. The number of piperidine rings is 1. The molecule has 1 aromatic heterocycles. The SMILES string of the molecule is CN(C(=O)C(=O)c1cn(CC(=O)N2CCCCC2)c2ccccc12)C1CCCCC1. The lowest BCUT2D eigenvalue weighted by Gasteiger charge is -2.30. The summed E-state index contributed by atoms with van der Waals surface area (Å²) in [6, 6.07) is 7.67. The first-order chi connectivity index (χ1) is 14.6. The van der Waals surface area contributed by atoms with Crippen molar-refractivity contribution in [3.05, 3.63) is 36.0 Å². The van der Waals surface area contributed by atoms with Crippen molar-refractivity contribution in [3.63, 3.8) is 0 Å². The fourth-order valence-corrected chi connectivity index (χ4v) is 4.86. The largest absolute Gasteiger partial charge is 0.341 e. The molecule has 2 amide bonds. The molecule has 6 nitrogen and oxygen atoms in total. The Morgan fingerprint density at radius 1 is 0.967 bits per heavy atom. The first-order valence-electron chi connectivity index (χ1n) is 11.2. The average molecular weight is 410 g/mol. The molecule has 1 aromatic carbocycles. The van der Waals surface area contributed by atoms with Crippen LogP contribution in [0.15, 0.2) is 30.5 Å². The van der Waals surface area contributed by atoms with Gasteiger partial charge in [-0.2, -0.15) is 0 Å². The van der Waals surface area contributed by atoms with Gasteiger partial charge in [0.2, 0.25) is 5.91 Å². The number of ketones is 1. The van der Waals surface area contributed by atoms with E-state index < -0.39 is 11.7 Å². The van der Waals surface area contributed by atoms with E-state index >= 15 is 0 Å². The second-order valence-electron chi connectivity index (χ2n) is 8.67. The Hall–Kier alpha value is -2.63. The summed E-state index contributed by atoms with van der Waals surface area (Å²) in [6.45, 7) is 1.80. The third kappa shape index (κ3) is 4.13. The minimum absolute atomic E-state index is 0.0695. The van der Waals surface area contributed by atoms with Gasteiger partial charge in [-0.25, -0.2) is 0 Å². The van der Waals surface area contributed by atoms with Crippen LogP contribution in [0.5, 0.6) is 0 Å². The third-order valence-corrected chi connectivity index (χ3v) is 6.68. The summed E-state index contributed by atoms with van der Waals surface area (Å²) < 4.78 is 1.83. The van der Waals surface area contributed by atoms with Gasteiger partial charge in [0.1, 0.15) is 6.54 Å². The van der Waals surface area contributed by atoms with Crippen LogP contribution in [-0.2, 0) is 16.1 Å². The van der Waals surface area contributed by atoms with Gasteiger partial charge in [-0.1, -0.05) is 37.5 Å². The molecule has 1 saturated carbocycles. The van der Waals surface area contributed by atoms with E-state index in [0.717, 1.165) is 62.5 Å². The highest BCUT2D eigenvalue weighted by molar-refractivity contribution is 6.44. The predicted octanol–water partition coefficient (Wildman–Crippen LogP) is 3.63. The molecule has 0 radical (unpaired) electrons. The molecule has 30 heavy (non-hydrogen) atoms. The summed E-state index contributed by atoms with van der Waals surface area (Å²) >= 11 is 0. The lowest BCUT2D eigenvalue weighted by atomic mass is 9.94. The van der Waals surface area contributed by atoms with E-state index in [-0.39, 0.29) is 18.5 Å². The molecule has 0 atom stereocenters. The number of carbonyl (C=O) groups excluding carboxylic acids is 3. The average Bonchev–Trinajstić information content (AvgIpc) is 3.17. The topological polar surface area (TPSA) is 62.6 Å². The fourth-order valence-electron chi connectivity index (χ4n) is 4.86. The van der Waals surface area contributed by atoms with Crippen molar-refractivity contribution < 1.29 is 14.4 Å². The number of hydrogen-bond acceptors (Lipinski definition) is 3. The summed E-state index contributed by atoms with van der Waals surface area (Å²) in [4.78, 5) is 42.4. The molecule has 4 rings (SSSR count). The minimum atomic E-state index is -0.483. The standard InChI is InChI=1S/C24H31N3O3/c1-25(18-10-4-2-5-11-18)24(30)23(29)20-16-27(21-13-7-6-12-19(20)21)17-22(28)26-14-8-3-9-15-26/h6-7,12-13,16,18H,2-5,8-11,14-15,17H2,1H3. The van der Waals surface area contributed by atoms with Gasteiger partial charge in [-0.3, -0.25) is 14.4 Å². The summed E-state index contributed by atoms with van der Waals surface area (Å²) in [7, 11) is 1.75. The maximum Gasteiger partial charge on any atom is 0.295 e. The Morgan fingerprint density at radius 3 is 2.37 bits per heavy atom. The zero-order chi connectivity index (χ0) is 21.1. The van der Waals surface area contributed by atoms with Crippen molar-refractivity contribution in [2.45, 2.75) is 64.0 Å². The van der Waals surface area contributed by atoms with Crippen LogP contribution in [0, 0.1) is 0 Å². The highest BCUT2D eigenvalue weighted by Crippen LogP contribution is 2.25. The molecule has 0 unspecified atom stereocenters. The summed E-state index contributed by atoms with van der Waals surface area (Å²) in [5.74, 6) is -0.865. The van der Waals surface area contributed by atoms with Crippen LogP contribution in [0.1, 0.15) is 61.7 Å². The number of fused-ring (bicyclic) bond motifs is 1. The normalized spacial score (nSPS) is 17.8. The van der Waals surface area contributed by atoms with Gasteiger partial charge in [-0.15, -0.1) is 0 Å². The van der Waals surface area contributed by atoms with Crippen molar-refractivity contribution >= 4 is 28.5 Å². The molecule has 160 valence electrons. The summed E-state index contributed by atoms with van der Waals surface area (Å²) in [5, 5.41) is 0.735. The molecule has 2 heterocycles. The number of likely N-dealkylation sites (tertiary alicyclic amines) is 1. The number of rotatable bonds is 5. The van der Waals surface area contributed by atoms with E-state index in [1.807, 2.05) is 33.7 Å². The Balaban J connectivity index is 1.57. The number of Topliss-reactive ketones (excluding diaryl/α,β-unsaturated/α-hetero) is 1. The van der Waals surface area contributed by atoms with Crippen LogP contribution in [0.25, 0.3) is 10.9 Å². The molecule has 2 aromatic rings. The van der Waals surface area contributed by atoms with Crippen LogP contribution >= 0.6 is 0 Å². The number of para-hydroxylation sites is 1. The molecule has 2 fully saturated rings. The zero-order valence-corrected chi connectivity index (χ0v) is 17.8. The number of hydrogen-bond donors (Lipinski definition) is 0. The van der Waals surface area contributed by atoms with Crippen LogP contribution < -0.4 is 0 Å². The number of benzene rings is 1. The van der Waals surface area contributed by atoms with Gasteiger partial charge < -0.3 is 14.4 Å². The van der Waals surface area contributed by atoms with Crippen molar-refractivity contribution in [1.82, 2.24) is 14.4 Å². The molecule has 0 bridgehead atoms. The van der Waals surface area contributed by atoms with Gasteiger partial charge in [0.25, 0.3) is 11.7 Å². The first kappa shape index (κ1) is 20.6. The van der Waals surface area contributed by atoms with Crippen LogP contribution in [0.2, 0.25) is 0 Å². The fraction of sp³-hybridized carbons (Fsp3) is 0.542. The van der Waals surface area contributed by atoms with Crippen molar-refractivity contribution in [2.24, 2.45) is 0 Å². The van der Waals surface area contributed by atoms with Crippen molar-refractivity contribution in [2.75, 3.05) is 20.1 Å². The van der Waals surface area contributed by atoms with Crippen molar-refractivity contribution in [1.29, 1.82) is 0 Å². The van der Waals surface area contributed by atoms with Crippen LogP contribution in [-0.4, -0.2) is 58.1 Å². The zero-order valence-electron chi connectivity index (χ0n) is 17.8. The smallest absolute Gasteiger partial charge is 0.295 e. The molecule has 0 spiro atoms. The highest BCUT2D eigenvalue weighted by Gasteiger charge is 2.29. The van der Waals surface area contributed by atoms with Gasteiger partial charge in [0.15, 0.2) is 0 Å². The molecular weight excluding hydrogens is 378 g/mol. The first-order valence-corrected chi connectivity index (χ1v) is 11.2. The third-order valence-electron chi connectivity index (χ3n) is 6.68. The van der Waals surface area contributed by atoms with E-state index in [0.29, 0.717) is 5.56 Å². The van der Waals surface area contributed by atoms with E-state index in [4.69, 9.17) is 0 Å². The molecule has 6 heteroatoms. The van der Waals surface area contributed by atoms with E-state index in [9.17, 15) is 14.4 Å². The minimum Gasteiger partial charge on any atom is -0.341 e. The number of aromatic nitrogens is 1. The van der Waals surface area contributed by atoms with E-state index in [1.54, 1.807) is 18.1 Å². The van der Waals surface area contributed by atoms with Crippen LogP contribution in [0.4, 0.5) is 0 Å². The lowest BCUT2D eigenvalue weighted by molar-refractivity contribution is -0.132. The van der Waals surface area contributed by atoms with E-state index in [2.05, 4.69) is 0 Å². The highest BCUT2D eigenvalue weighted by atomic mass is 16.2. The van der Waals surface area contributed by atoms with Gasteiger partial charge in [0, 0.05) is 43.3 Å². The molecule has 0 N–H and O–H groups in total. The second kappa shape index (κ2) is 9.02. The van der Waals surface area contributed by atoms with Gasteiger partial charge >= 0.3 is 0 Å². The lowest BCUT2D eigenvalue weighted by Crippen LogP contribution is -2.42. The summed E-state index contributed by atoms with van der Waals surface area (Å²) in [5.41, 5.74) is 1.21. The quantitative estimate of drug-likeness (QED) is 0.560. The van der Waals surface area contributed by atoms with Gasteiger partial charge in [0.05, 0.1) is 5.56 Å². The predicted molar refractivity (Wildman–Crippen MR) is 116 cm³/mol. The van der Waals surface area contributed by atoms with Crippen molar-refractivity contribution in [3.8, 4) is 0 Å². The summed E-state index contributed by atoms with van der Waals surface area (Å²) in [6.07, 6.45) is 10.3. The Morgan fingerprint density at radius 2 is 1.63 bits per heavy atom. The molecule has 2 aliphatic rings. The molecule has 1 aliphatic carbocycles. The number of likely N-dealkylation sites (N-methyl/N-ethyl adjacent to an activating group) is 1. The molecular formula is C24H31N3O3. The number of carbonyl (C=O) groups is 3. The Labute approximate surface area is 177 Å².